The molecule has 3 aliphatic carbocycles. The lowest BCUT2D eigenvalue weighted by Gasteiger charge is -2.45. The van der Waals surface area contributed by atoms with Crippen LogP contribution in [0.3, 0.4) is 0 Å². The number of Topliss-reactive ketones (excluding diaryl/α,β-unsaturated/α-hetero) is 3. The predicted octanol–water partition coefficient (Wildman–Crippen LogP) is 13.5. The Hall–Kier alpha value is -10.6. The summed E-state index contributed by atoms with van der Waals surface area (Å²) in [6.45, 7) is -0.883. The number of sulfone groups is 1. The van der Waals surface area contributed by atoms with Crippen molar-refractivity contribution < 1.29 is 90.2 Å². The molecular formula is C72H60F9N9O11S3. The van der Waals surface area contributed by atoms with Crippen molar-refractivity contribution in [1.82, 2.24) is 15.1 Å². The van der Waals surface area contributed by atoms with Gasteiger partial charge in [0.1, 0.15) is 0 Å². The van der Waals surface area contributed by atoms with Crippen molar-refractivity contribution in [3.63, 3.8) is 0 Å². The van der Waals surface area contributed by atoms with Crippen molar-refractivity contribution in [2.24, 2.45) is 0 Å². The molecule has 0 aromatic heterocycles. The number of alkyl halides is 9. The number of β-amino-alcohol motifs (C(OH)–C–C–N with tert-alkyl or cyclic N) is 1. The highest BCUT2D eigenvalue weighted by atomic mass is 32.2. The Morgan fingerprint density at radius 3 is 1.32 bits per heavy atom. The Balaban J connectivity index is 0.000000168. The number of anilines is 3. The number of hydrogen-bond donors (Lipinski definition) is 2. The number of rotatable bonds is 11. The van der Waals surface area contributed by atoms with Gasteiger partial charge in [0.15, 0.2) is 27.2 Å². The Bertz CT molecular complexity index is 4990. The highest BCUT2D eigenvalue weighted by molar-refractivity contribution is 7.90. The number of aliphatic hydroxyl groups is 1. The third-order valence-electron chi connectivity index (χ3n) is 18.0. The number of nitriles is 3. The van der Waals surface area contributed by atoms with Gasteiger partial charge in [0.2, 0.25) is 0 Å². The normalized spacial score (nSPS) is 19.3. The van der Waals surface area contributed by atoms with Crippen molar-refractivity contribution in [2.75, 3.05) is 53.7 Å². The Labute approximate surface area is 594 Å². The number of nitrogens with one attached hydrogen (secondary N) is 1. The molecular weight excluding hydrogens is 1430 g/mol. The molecule has 0 saturated carbocycles. The van der Waals surface area contributed by atoms with E-state index in [9.17, 15) is 106 Å². The van der Waals surface area contributed by atoms with Gasteiger partial charge >= 0.3 is 36.6 Å². The van der Waals surface area contributed by atoms with Crippen LogP contribution in [0, 0.1) is 34.0 Å². The summed E-state index contributed by atoms with van der Waals surface area (Å²) in [4.78, 5) is 86.0. The van der Waals surface area contributed by atoms with Crippen LogP contribution in [-0.4, -0.2) is 106 Å². The lowest BCUT2D eigenvalue weighted by Crippen LogP contribution is -2.53. The van der Waals surface area contributed by atoms with Gasteiger partial charge in [-0.25, -0.2) is 22.8 Å². The highest BCUT2D eigenvalue weighted by Crippen LogP contribution is 2.49. The van der Waals surface area contributed by atoms with Gasteiger partial charge in [0, 0.05) is 95.2 Å². The van der Waals surface area contributed by atoms with E-state index in [1.54, 1.807) is 12.1 Å². The third-order valence-corrected chi connectivity index (χ3v) is 21.1. The molecule has 6 aromatic carbocycles. The van der Waals surface area contributed by atoms with Crippen LogP contribution >= 0.6 is 0 Å². The SMILES string of the molecule is CN1C(=O)N(c2cccc(C(F)(F)F)c2)C2=C(C(=O)CCC2)C1c1ccc(C#N)cc1S(C)=O.CS(=O)(=O)c1cc(C#N)ccc1C1C2=C(CCCC2=O)N(c2cccc(C(F)(F)F)c2)C(=O)N1CCO.CS(=O)c1cc(C#N)ccc1C1NC(=O)N(c2cccc(C(F)(F)F)c2)C2=C1C(=O)CCC2. The van der Waals surface area contributed by atoms with Gasteiger partial charge in [-0.3, -0.25) is 37.5 Å². The number of benzene rings is 6. The van der Waals surface area contributed by atoms with Crippen molar-refractivity contribution in [3.8, 4) is 18.2 Å². The zero-order chi connectivity index (χ0) is 75.8. The average Bonchev–Trinajstić information content (AvgIpc) is 0.768. The molecule has 2 N–H and O–H groups in total. The van der Waals surface area contributed by atoms with E-state index in [0.29, 0.717) is 70.0 Å². The maximum Gasteiger partial charge on any atom is 0.416 e. The van der Waals surface area contributed by atoms with Crippen LogP contribution < -0.4 is 20.0 Å². The number of hydrogen-bond acceptors (Lipinski definition) is 14. The summed E-state index contributed by atoms with van der Waals surface area (Å²) in [6.07, 6.45) is -7.41. The van der Waals surface area contributed by atoms with Gasteiger partial charge < -0.3 is 20.2 Å². The van der Waals surface area contributed by atoms with E-state index in [0.717, 1.165) is 69.5 Å². The number of carbonyl (C=O) groups excluding carboxylic acids is 6. The van der Waals surface area contributed by atoms with Gasteiger partial charge in [-0.15, -0.1) is 0 Å². The molecule has 3 aliphatic heterocycles. The van der Waals surface area contributed by atoms with Crippen LogP contribution in [0.15, 0.2) is 176 Å². The number of halogens is 9. The summed E-state index contributed by atoms with van der Waals surface area (Å²) in [5, 5.41) is 40.2. The maximum absolute atomic E-state index is 13.8. The van der Waals surface area contributed by atoms with Crippen LogP contribution in [0.25, 0.3) is 0 Å². The van der Waals surface area contributed by atoms with E-state index >= 15 is 0 Å². The molecule has 32 heteroatoms. The summed E-state index contributed by atoms with van der Waals surface area (Å²) in [5.74, 6) is -0.849. The largest absolute Gasteiger partial charge is 0.416 e. The van der Waals surface area contributed by atoms with Crippen molar-refractivity contribution >= 4 is 83.9 Å². The zero-order valence-corrected chi connectivity index (χ0v) is 57.8. The maximum atomic E-state index is 13.8. The molecule has 5 unspecified atom stereocenters. The number of amides is 6. The molecule has 6 aliphatic rings. The standard InChI is InChI=1S/C25H22F3N3O5S.C24H20F3N3O3S.C23H18F3N3O3S/c1-37(35,36)21-12-15(14-29)8-9-18(21)23-22-19(6-3-7-20(22)33)31(24(34)30(23)10-11-32)17-5-2-4-16(13-17)25(26,27)28;1-29-22(17-10-9-14(13-28)11-20(17)34(2)33)21-18(7-4-8-19(21)31)30(23(29)32)16-6-3-5-15(12-16)24(25,26)27;1-33(32)19-10-13(12-27)8-9-16(19)21-20-17(6-3-7-18(20)30)29(22(31)28-21)15-5-2-4-14(11-15)23(24,25)26/h2,4-5,8-9,12-13,23,32H,3,6-7,10-11H2,1H3;3,5-6,9-12,22H,4,7-8H2,1-2H3;2,4-5,8-11,21H,3,6-7H2,1H3,(H,28,31). The first kappa shape index (κ1) is 76.1. The molecule has 20 nitrogen and oxygen atoms in total. The predicted molar refractivity (Wildman–Crippen MR) is 360 cm³/mol. The lowest BCUT2D eigenvalue weighted by atomic mass is 9.83. The van der Waals surface area contributed by atoms with E-state index in [-0.39, 0.29) is 111 Å². The van der Waals surface area contributed by atoms with Crippen molar-refractivity contribution in [2.45, 2.75) is 109 Å². The zero-order valence-electron chi connectivity index (χ0n) is 55.4. The highest BCUT2D eigenvalue weighted by Gasteiger charge is 2.49. The van der Waals surface area contributed by atoms with E-state index in [4.69, 9.17) is 0 Å². The first-order valence-corrected chi connectivity index (χ1v) is 36.7. The smallest absolute Gasteiger partial charge is 0.395 e. The quantitative estimate of drug-likeness (QED) is 0.114. The minimum atomic E-state index is -4.67. The number of allylic oxidation sites excluding steroid dienone is 3. The molecule has 6 aromatic rings. The van der Waals surface area contributed by atoms with Crippen LogP contribution in [-0.2, 0) is 64.3 Å². The van der Waals surface area contributed by atoms with Crippen LogP contribution in [0.5, 0.6) is 0 Å². The van der Waals surface area contributed by atoms with Crippen molar-refractivity contribution in [1.29, 1.82) is 15.8 Å². The second kappa shape index (κ2) is 30.0. The lowest BCUT2D eigenvalue weighted by molar-refractivity contribution is -0.138. The molecule has 104 heavy (non-hydrogen) atoms. The summed E-state index contributed by atoms with van der Waals surface area (Å²) in [7, 11) is -5.52. The monoisotopic (exact) mass is 1490 g/mol. The van der Waals surface area contributed by atoms with Crippen LogP contribution in [0.1, 0.15) is 126 Å². The van der Waals surface area contributed by atoms with Gasteiger partial charge in [0.05, 0.1) is 120 Å². The average molecular weight is 1490 g/mol. The molecule has 0 bridgehead atoms. The van der Waals surface area contributed by atoms with E-state index in [1.807, 2.05) is 18.2 Å². The van der Waals surface area contributed by atoms with E-state index < -0.39 is 109 Å². The molecule has 3 heterocycles. The second-order valence-corrected chi connectivity index (χ2v) is 29.3. The fourth-order valence-electron chi connectivity index (χ4n) is 13.5. The molecule has 0 spiro atoms. The van der Waals surface area contributed by atoms with Gasteiger partial charge in [-0.05, 0) is 146 Å². The van der Waals surface area contributed by atoms with Crippen LogP contribution in [0.4, 0.5) is 71.0 Å². The molecule has 12 rings (SSSR count). The number of aliphatic hydroxyl groups excluding tert-OH is 1. The van der Waals surface area contributed by atoms with E-state index in [1.165, 1.54) is 96.1 Å². The molecule has 5 atom stereocenters. The van der Waals surface area contributed by atoms with Gasteiger partial charge in [-0.1, -0.05) is 36.4 Å². The van der Waals surface area contributed by atoms with Crippen molar-refractivity contribution in [3.05, 3.63) is 211 Å². The second-order valence-electron chi connectivity index (χ2n) is 24.6. The Morgan fingerprint density at radius 1 is 0.510 bits per heavy atom. The number of carbonyl (C=O) groups is 6. The van der Waals surface area contributed by atoms with Gasteiger partial charge in [0.25, 0.3) is 0 Å². The fourth-order valence-corrected chi connectivity index (χ4v) is 16.1. The summed E-state index contributed by atoms with van der Waals surface area (Å²) >= 11 is 0. The number of ketones is 3. The Morgan fingerprint density at radius 2 is 0.894 bits per heavy atom. The minimum absolute atomic E-state index is 0.00194. The molecule has 0 saturated heterocycles. The van der Waals surface area contributed by atoms with Crippen LogP contribution in [0.2, 0.25) is 0 Å². The first-order valence-electron chi connectivity index (χ1n) is 31.7. The number of urea groups is 3. The molecule has 540 valence electrons. The fraction of sp³-hybridized carbons (Fsp3) is 0.292. The molecule has 0 radical (unpaired) electrons. The molecule has 0 fully saturated rings. The third kappa shape index (κ3) is 15.2. The molecule has 6 amide bonds. The van der Waals surface area contributed by atoms with E-state index in [2.05, 4.69) is 5.32 Å². The number of nitrogens with zero attached hydrogens (tertiary/aromatic N) is 8. The van der Waals surface area contributed by atoms with Gasteiger partial charge in [-0.2, -0.15) is 55.3 Å². The first-order chi connectivity index (χ1) is 49.0. The Kier molecular flexibility index (Phi) is 21.9. The minimum Gasteiger partial charge on any atom is -0.395 e. The summed E-state index contributed by atoms with van der Waals surface area (Å²) < 4.78 is 170. The summed E-state index contributed by atoms with van der Waals surface area (Å²) in [6, 6.07) is 26.6. The topological polar surface area (TPSA) is 291 Å². The number of likely N-dealkylation sites (N-methyl/N-ethyl adjacent to an activating group) is 1. The summed E-state index contributed by atoms with van der Waals surface area (Å²) in [5.41, 5.74) is 0.154.